The molecule has 3 aromatic rings. The third-order valence-corrected chi connectivity index (χ3v) is 4.52. The summed E-state index contributed by atoms with van der Waals surface area (Å²) in [5.74, 6) is 1.19. The lowest BCUT2D eigenvalue weighted by atomic mass is 10.2. The molecule has 9 heteroatoms. The highest BCUT2D eigenvalue weighted by Gasteiger charge is 2.23. The lowest BCUT2D eigenvalue weighted by Gasteiger charge is -2.19. The molecule has 4 heterocycles. The molecule has 4 rings (SSSR count). The van der Waals surface area contributed by atoms with Crippen molar-refractivity contribution in [2.75, 3.05) is 20.3 Å². The van der Waals surface area contributed by atoms with Crippen molar-refractivity contribution in [3.8, 4) is 17.3 Å². The highest BCUT2D eigenvalue weighted by Crippen LogP contribution is 2.20. The SMILES string of the molecule is COc1ncccc1CNC1COCCn2c1nc(-c1ccncn1)cc2=O. The molecule has 0 aliphatic carbocycles. The van der Waals surface area contributed by atoms with E-state index in [-0.39, 0.29) is 11.6 Å². The first-order valence-electron chi connectivity index (χ1n) is 8.93. The number of aromatic nitrogens is 5. The molecule has 3 aromatic heterocycles. The lowest BCUT2D eigenvalue weighted by Crippen LogP contribution is -2.32. The first kappa shape index (κ1) is 18.2. The largest absolute Gasteiger partial charge is 0.481 e. The monoisotopic (exact) mass is 380 g/mol. The molecule has 0 aromatic carbocycles. The number of hydrogen-bond acceptors (Lipinski definition) is 8. The zero-order valence-corrected chi connectivity index (χ0v) is 15.4. The van der Waals surface area contributed by atoms with Crippen molar-refractivity contribution in [1.29, 1.82) is 0 Å². The van der Waals surface area contributed by atoms with Gasteiger partial charge in [0.25, 0.3) is 5.56 Å². The van der Waals surface area contributed by atoms with E-state index in [1.54, 1.807) is 30.1 Å². The van der Waals surface area contributed by atoms with Gasteiger partial charge in [-0.05, 0) is 12.1 Å². The Hall–Kier alpha value is -3.17. The Labute approximate surface area is 161 Å². The molecule has 0 amide bonds. The predicted molar refractivity (Wildman–Crippen MR) is 101 cm³/mol. The van der Waals surface area contributed by atoms with E-state index in [1.165, 1.54) is 12.4 Å². The standard InChI is InChI=1S/C19H20N6O3/c1-27-19-13(3-2-5-21-19)10-22-16-11-28-8-7-25-17(26)9-15(24-18(16)25)14-4-6-20-12-23-14/h2-6,9,12,16,22H,7-8,10-11H2,1H3. The number of methoxy groups -OCH3 is 1. The number of ether oxygens (including phenoxy) is 2. The molecular weight excluding hydrogens is 360 g/mol. The van der Waals surface area contributed by atoms with Gasteiger partial charge in [-0.15, -0.1) is 0 Å². The van der Waals surface area contributed by atoms with Gasteiger partial charge in [0.1, 0.15) is 12.2 Å². The van der Waals surface area contributed by atoms with Crippen molar-refractivity contribution < 1.29 is 9.47 Å². The van der Waals surface area contributed by atoms with Gasteiger partial charge in [-0.1, -0.05) is 6.07 Å². The molecular formula is C19H20N6O3. The van der Waals surface area contributed by atoms with Crippen LogP contribution in [0.4, 0.5) is 0 Å². The molecule has 9 nitrogen and oxygen atoms in total. The number of hydrogen-bond donors (Lipinski definition) is 1. The maximum atomic E-state index is 12.7. The normalized spacial score (nSPS) is 16.2. The number of rotatable bonds is 5. The predicted octanol–water partition coefficient (Wildman–Crippen LogP) is 0.965. The number of nitrogens with one attached hydrogen (secondary N) is 1. The van der Waals surface area contributed by atoms with E-state index in [4.69, 9.17) is 14.5 Å². The first-order chi connectivity index (χ1) is 13.8. The molecule has 1 N–H and O–H groups in total. The van der Waals surface area contributed by atoms with Crippen LogP contribution in [-0.2, 0) is 17.8 Å². The Morgan fingerprint density at radius 2 is 2.21 bits per heavy atom. The van der Waals surface area contributed by atoms with Gasteiger partial charge in [-0.3, -0.25) is 9.36 Å². The maximum absolute atomic E-state index is 12.7. The molecule has 0 saturated heterocycles. The lowest BCUT2D eigenvalue weighted by molar-refractivity contribution is 0.117. The second-order valence-electron chi connectivity index (χ2n) is 6.26. The molecule has 28 heavy (non-hydrogen) atoms. The van der Waals surface area contributed by atoms with Gasteiger partial charge in [0.2, 0.25) is 5.88 Å². The summed E-state index contributed by atoms with van der Waals surface area (Å²) in [5.41, 5.74) is 1.91. The van der Waals surface area contributed by atoms with E-state index in [2.05, 4.69) is 20.3 Å². The van der Waals surface area contributed by atoms with Crippen LogP contribution in [0.15, 0.2) is 47.8 Å². The molecule has 1 aliphatic heterocycles. The molecule has 0 saturated carbocycles. The van der Waals surface area contributed by atoms with E-state index in [9.17, 15) is 4.79 Å². The number of pyridine rings is 1. The van der Waals surface area contributed by atoms with Crippen molar-refractivity contribution in [1.82, 2.24) is 29.8 Å². The minimum Gasteiger partial charge on any atom is -0.481 e. The van der Waals surface area contributed by atoms with Gasteiger partial charge in [-0.2, -0.15) is 0 Å². The van der Waals surface area contributed by atoms with Gasteiger partial charge in [0, 0.05) is 30.6 Å². The topological polar surface area (TPSA) is 104 Å². The van der Waals surface area contributed by atoms with E-state index < -0.39 is 0 Å². The molecule has 0 radical (unpaired) electrons. The Balaban J connectivity index is 1.67. The Bertz CT molecular complexity index is 1010. The zero-order chi connectivity index (χ0) is 19.3. The molecule has 1 atom stereocenters. The van der Waals surface area contributed by atoms with E-state index in [0.29, 0.717) is 49.4 Å². The van der Waals surface area contributed by atoms with Crippen LogP contribution in [0.3, 0.4) is 0 Å². The highest BCUT2D eigenvalue weighted by atomic mass is 16.5. The van der Waals surface area contributed by atoms with Crippen LogP contribution in [0, 0.1) is 0 Å². The second-order valence-corrected chi connectivity index (χ2v) is 6.26. The molecule has 1 aliphatic rings. The average Bonchev–Trinajstić information content (AvgIpc) is 2.95. The summed E-state index contributed by atoms with van der Waals surface area (Å²) in [6.45, 7) is 1.82. The van der Waals surface area contributed by atoms with Gasteiger partial charge >= 0.3 is 0 Å². The summed E-state index contributed by atoms with van der Waals surface area (Å²) in [6.07, 6.45) is 4.75. The number of nitrogens with zero attached hydrogens (tertiary/aromatic N) is 5. The van der Waals surface area contributed by atoms with Crippen molar-refractivity contribution >= 4 is 0 Å². The highest BCUT2D eigenvalue weighted by molar-refractivity contribution is 5.52. The smallest absolute Gasteiger partial charge is 0.254 e. The van der Waals surface area contributed by atoms with Crippen LogP contribution >= 0.6 is 0 Å². The molecule has 0 bridgehead atoms. The summed E-state index contributed by atoms with van der Waals surface area (Å²) in [6, 6.07) is 6.76. The van der Waals surface area contributed by atoms with E-state index in [0.717, 1.165) is 5.56 Å². The fourth-order valence-electron chi connectivity index (χ4n) is 3.15. The quantitative estimate of drug-likeness (QED) is 0.698. The van der Waals surface area contributed by atoms with Crippen LogP contribution in [0.25, 0.3) is 11.4 Å². The Morgan fingerprint density at radius 3 is 3.04 bits per heavy atom. The maximum Gasteiger partial charge on any atom is 0.254 e. The van der Waals surface area contributed by atoms with Gasteiger partial charge in [0.05, 0.1) is 44.3 Å². The van der Waals surface area contributed by atoms with Crippen molar-refractivity contribution in [3.05, 3.63) is 64.7 Å². The van der Waals surface area contributed by atoms with Crippen LogP contribution in [0.2, 0.25) is 0 Å². The summed E-state index contributed by atoms with van der Waals surface area (Å²) < 4.78 is 12.7. The Morgan fingerprint density at radius 1 is 1.29 bits per heavy atom. The van der Waals surface area contributed by atoms with Crippen molar-refractivity contribution in [2.24, 2.45) is 0 Å². The third-order valence-electron chi connectivity index (χ3n) is 4.52. The van der Waals surface area contributed by atoms with Crippen LogP contribution in [0.5, 0.6) is 5.88 Å². The third kappa shape index (κ3) is 3.75. The minimum atomic E-state index is -0.262. The summed E-state index contributed by atoms with van der Waals surface area (Å²) >= 11 is 0. The van der Waals surface area contributed by atoms with Crippen molar-refractivity contribution in [3.63, 3.8) is 0 Å². The first-order valence-corrected chi connectivity index (χ1v) is 8.93. The average molecular weight is 380 g/mol. The van der Waals surface area contributed by atoms with Gasteiger partial charge in [-0.25, -0.2) is 19.9 Å². The summed E-state index contributed by atoms with van der Waals surface area (Å²) in [4.78, 5) is 29.8. The second kappa shape index (κ2) is 8.24. The summed E-state index contributed by atoms with van der Waals surface area (Å²) in [7, 11) is 1.59. The fourth-order valence-corrected chi connectivity index (χ4v) is 3.15. The van der Waals surface area contributed by atoms with Crippen LogP contribution < -0.4 is 15.6 Å². The number of fused-ring (bicyclic) bond motifs is 1. The van der Waals surface area contributed by atoms with Crippen molar-refractivity contribution in [2.45, 2.75) is 19.1 Å². The minimum absolute atomic E-state index is 0.130. The Kier molecular flexibility index (Phi) is 5.36. The summed E-state index contributed by atoms with van der Waals surface area (Å²) in [5, 5.41) is 3.41. The van der Waals surface area contributed by atoms with Gasteiger partial charge in [0.15, 0.2) is 0 Å². The molecule has 144 valence electrons. The van der Waals surface area contributed by atoms with Gasteiger partial charge < -0.3 is 14.8 Å². The van der Waals surface area contributed by atoms with Crippen LogP contribution in [-0.4, -0.2) is 44.8 Å². The van der Waals surface area contributed by atoms with E-state index in [1.807, 2.05) is 12.1 Å². The molecule has 1 unspecified atom stereocenters. The van der Waals surface area contributed by atoms with E-state index >= 15 is 0 Å². The van der Waals surface area contributed by atoms with Crippen LogP contribution in [0.1, 0.15) is 17.4 Å². The molecule has 0 spiro atoms. The zero-order valence-electron chi connectivity index (χ0n) is 15.4. The molecule has 0 fully saturated rings. The fraction of sp³-hybridized carbons (Fsp3) is 0.316.